The van der Waals surface area contributed by atoms with Crippen LogP contribution in [0.1, 0.15) is 25.8 Å². The van der Waals surface area contributed by atoms with Crippen LogP contribution >= 0.6 is 0 Å². The third-order valence-electron chi connectivity index (χ3n) is 4.09. The van der Waals surface area contributed by atoms with Crippen LogP contribution in [0.25, 0.3) is 10.9 Å². The monoisotopic (exact) mass is 285 g/mol. The molecule has 1 aromatic carbocycles. The van der Waals surface area contributed by atoms with Crippen molar-refractivity contribution in [2.45, 2.75) is 33.2 Å². The number of fused-ring (bicyclic) bond motifs is 1. The van der Waals surface area contributed by atoms with Crippen molar-refractivity contribution in [3.05, 3.63) is 30.1 Å². The van der Waals surface area contributed by atoms with E-state index >= 15 is 0 Å². The lowest BCUT2D eigenvalue weighted by atomic mass is 10.0. The molecule has 1 unspecified atom stereocenters. The summed E-state index contributed by atoms with van der Waals surface area (Å²) in [6.45, 7) is 9.11. The Morgan fingerprint density at radius 2 is 2.19 bits per heavy atom. The fourth-order valence-corrected chi connectivity index (χ4v) is 3.15. The maximum absolute atomic E-state index is 5.69. The lowest BCUT2D eigenvalue weighted by Gasteiger charge is -2.38. The third kappa shape index (κ3) is 2.86. The van der Waals surface area contributed by atoms with Crippen LogP contribution in [0, 0.1) is 12.8 Å². The highest BCUT2D eigenvalue weighted by Gasteiger charge is 2.26. The van der Waals surface area contributed by atoms with Gasteiger partial charge in [0.2, 0.25) is 0 Å². The first kappa shape index (κ1) is 14.3. The Kier molecular flexibility index (Phi) is 4.06. The number of ether oxygens (including phenoxy) is 1. The Bertz CT molecular complexity index is 621. The SMILES string of the molecule is Cc1cccc2ncnc(N3CCOCC3CC(C)C)c12. The maximum Gasteiger partial charge on any atom is 0.140 e. The fraction of sp³-hybridized carbons (Fsp3) is 0.529. The molecule has 1 atom stereocenters. The topological polar surface area (TPSA) is 38.2 Å². The zero-order valence-corrected chi connectivity index (χ0v) is 13.0. The molecule has 1 aliphatic rings. The molecule has 0 N–H and O–H groups in total. The van der Waals surface area contributed by atoms with Gasteiger partial charge in [0.25, 0.3) is 0 Å². The first-order valence-corrected chi connectivity index (χ1v) is 7.71. The highest BCUT2D eigenvalue weighted by molar-refractivity contribution is 5.92. The van der Waals surface area contributed by atoms with Gasteiger partial charge in [-0.1, -0.05) is 26.0 Å². The van der Waals surface area contributed by atoms with Crippen molar-refractivity contribution >= 4 is 16.7 Å². The molecule has 0 bridgehead atoms. The minimum absolute atomic E-state index is 0.399. The van der Waals surface area contributed by atoms with E-state index in [1.165, 1.54) is 10.9 Å². The number of aromatic nitrogens is 2. The molecule has 3 rings (SSSR count). The van der Waals surface area contributed by atoms with Gasteiger partial charge in [0.15, 0.2) is 0 Å². The molecule has 2 aromatic rings. The van der Waals surface area contributed by atoms with E-state index in [4.69, 9.17) is 4.74 Å². The van der Waals surface area contributed by atoms with E-state index in [1.54, 1.807) is 6.33 Å². The summed E-state index contributed by atoms with van der Waals surface area (Å²) < 4.78 is 5.69. The van der Waals surface area contributed by atoms with Crippen LogP contribution in [0.3, 0.4) is 0 Å². The first-order chi connectivity index (χ1) is 10.2. The third-order valence-corrected chi connectivity index (χ3v) is 4.09. The summed E-state index contributed by atoms with van der Waals surface area (Å²) in [5, 5.41) is 1.18. The quantitative estimate of drug-likeness (QED) is 0.868. The summed E-state index contributed by atoms with van der Waals surface area (Å²) in [5.74, 6) is 1.71. The van der Waals surface area contributed by atoms with Crippen LogP contribution in [0.15, 0.2) is 24.5 Å². The predicted octanol–water partition coefficient (Wildman–Crippen LogP) is 3.19. The molecule has 0 radical (unpaired) electrons. The van der Waals surface area contributed by atoms with Gasteiger partial charge in [0, 0.05) is 11.9 Å². The molecule has 0 aliphatic carbocycles. The zero-order chi connectivity index (χ0) is 14.8. The highest BCUT2D eigenvalue weighted by atomic mass is 16.5. The lowest BCUT2D eigenvalue weighted by molar-refractivity contribution is 0.0875. The summed E-state index contributed by atoms with van der Waals surface area (Å²) >= 11 is 0. The lowest BCUT2D eigenvalue weighted by Crippen LogP contribution is -2.46. The van der Waals surface area contributed by atoms with Crippen LogP contribution in [-0.2, 0) is 4.74 Å². The van der Waals surface area contributed by atoms with Gasteiger partial charge in [-0.3, -0.25) is 0 Å². The molecule has 112 valence electrons. The Labute approximate surface area is 126 Å². The van der Waals surface area contributed by atoms with Crippen molar-refractivity contribution in [1.82, 2.24) is 9.97 Å². The average molecular weight is 285 g/mol. The van der Waals surface area contributed by atoms with E-state index in [1.807, 2.05) is 0 Å². The second kappa shape index (κ2) is 5.98. The smallest absolute Gasteiger partial charge is 0.140 e. The number of anilines is 1. The Morgan fingerprint density at radius 1 is 1.33 bits per heavy atom. The number of nitrogens with zero attached hydrogens (tertiary/aromatic N) is 3. The highest BCUT2D eigenvalue weighted by Crippen LogP contribution is 2.29. The van der Waals surface area contributed by atoms with Crippen LogP contribution in [0.4, 0.5) is 5.82 Å². The normalized spacial score (nSPS) is 19.4. The van der Waals surface area contributed by atoms with Crippen LogP contribution < -0.4 is 4.90 Å². The summed E-state index contributed by atoms with van der Waals surface area (Å²) in [5.41, 5.74) is 2.26. The molecule has 1 fully saturated rings. The number of aryl methyl sites for hydroxylation is 1. The molecule has 1 aromatic heterocycles. The van der Waals surface area contributed by atoms with Crippen molar-refractivity contribution in [2.24, 2.45) is 5.92 Å². The van der Waals surface area contributed by atoms with Crippen LogP contribution in [0.5, 0.6) is 0 Å². The van der Waals surface area contributed by atoms with Gasteiger partial charge in [0.1, 0.15) is 12.1 Å². The van der Waals surface area contributed by atoms with E-state index in [9.17, 15) is 0 Å². The van der Waals surface area contributed by atoms with E-state index in [0.717, 1.165) is 37.5 Å². The molecule has 21 heavy (non-hydrogen) atoms. The fourth-order valence-electron chi connectivity index (χ4n) is 3.15. The van der Waals surface area contributed by atoms with Gasteiger partial charge in [-0.15, -0.1) is 0 Å². The second-order valence-corrected chi connectivity index (χ2v) is 6.22. The van der Waals surface area contributed by atoms with Gasteiger partial charge < -0.3 is 9.64 Å². The predicted molar refractivity (Wildman–Crippen MR) is 85.7 cm³/mol. The summed E-state index contributed by atoms with van der Waals surface area (Å²) in [6, 6.07) is 6.65. The number of rotatable bonds is 3. The number of hydrogen-bond acceptors (Lipinski definition) is 4. The van der Waals surface area contributed by atoms with Crippen LogP contribution in [-0.4, -0.2) is 35.8 Å². The van der Waals surface area contributed by atoms with Crippen molar-refractivity contribution in [3.8, 4) is 0 Å². The number of hydrogen-bond donors (Lipinski definition) is 0. The molecule has 2 heterocycles. The van der Waals surface area contributed by atoms with Crippen molar-refractivity contribution < 1.29 is 4.74 Å². The van der Waals surface area contributed by atoms with Gasteiger partial charge in [-0.25, -0.2) is 9.97 Å². The van der Waals surface area contributed by atoms with E-state index < -0.39 is 0 Å². The molecule has 0 saturated carbocycles. The van der Waals surface area contributed by atoms with E-state index in [2.05, 4.69) is 53.8 Å². The van der Waals surface area contributed by atoms with Crippen molar-refractivity contribution in [1.29, 1.82) is 0 Å². The molecule has 4 heteroatoms. The molecule has 4 nitrogen and oxygen atoms in total. The minimum atomic E-state index is 0.399. The largest absolute Gasteiger partial charge is 0.377 e. The number of morpholine rings is 1. The zero-order valence-electron chi connectivity index (χ0n) is 13.0. The van der Waals surface area contributed by atoms with Gasteiger partial charge in [-0.05, 0) is 30.9 Å². The summed E-state index contributed by atoms with van der Waals surface area (Å²) in [7, 11) is 0. The van der Waals surface area contributed by atoms with Gasteiger partial charge in [0.05, 0.1) is 24.8 Å². The van der Waals surface area contributed by atoms with Gasteiger partial charge in [-0.2, -0.15) is 0 Å². The molecular formula is C17H23N3O. The Morgan fingerprint density at radius 3 is 3.00 bits per heavy atom. The molecule has 0 spiro atoms. The van der Waals surface area contributed by atoms with Crippen molar-refractivity contribution in [2.75, 3.05) is 24.7 Å². The Balaban J connectivity index is 2.05. The van der Waals surface area contributed by atoms with E-state index in [0.29, 0.717) is 12.0 Å². The van der Waals surface area contributed by atoms with Gasteiger partial charge >= 0.3 is 0 Å². The average Bonchev–Trinajstić information content (AvgIpc) is 2.47. The molecule has 1 aliphatic heterocycles. The Hall–Kier alpha value is -1.68. The van der Waals surface area contributed by atoms with Crippen molar-refractivity contribution in [3.63, 3.8) is 0 Å². The molecule has 0 amide bonds. The standard InChI is InChI=1S/C17H23N3O/c1-12(2)9-14-10-21-8-7-20(14)17-16-13(3)5-4-6-15(16)18-11-19-17/h4-6,11-12,14H,7-10H2,1-3H3. The van der Waals surface area contributed by atoms with Crippen LogP contribution in [0.2, 0.25) is 0 Å². The first-order valence-electron chi connectivity index (χ1n) is 7.71. The summed E-state index contributed by atoms with van der Waals surface area (Å²) in [4.78, 5) is 11.4. The minimum Gasteiger partial charge on any atom is -0.377 e. The number of benzene rings is 1. The molecular weight excluding hydrogens is 262 g/mol. The second-order valence-electron chi connectivity index (χ2n) is 6.22. The molecule has 1 saturated heterocycles. The summed E-state index contributed by atoms with van der Waals surface area (Å²) in [6.07, 6.45) is 2.80. The van der Waals surface area contributed by atoms with E-state index in [-0.39, 0.29) is 0 Å². The maximum atomic E-state index is 5.69.